The van der Waals surface area contributed by atoms with Crippen LogP contribution < -0.4 is 16.4 Å². The second-order valence-electron chi connectivity index (χ2n) is 7.60. The number of halogens is 2. The number of nitrogens with zero attached hydrogens (tertiary/aromatic N) is 1. The fraction of sp³-hybridized carbons (Fsp3) is 0.591. The predicted octanol–water partition coefficient (Wildman–Crippen LogP) is 3.43. The molecule has 3 atom stereocenters. The summed E-state index contributed by atoms with van der Waals surface area (Å²) in [6.07, 6.45) is 5.12. The number of anilines is 1. The summed E-state index contributed by atoms with van der Waals surface area (Å²) in [6.45, 7) is 2.09. The first-order valence-corrected chi connectivity index (χ1v) is 11.7. The molecule has 5 N–H and O–H groups in total. The minimum atomic E-state index is -1.13. The molecule has 33 heavy (non-hydrogen) atoms. The van der Waals surface area contributed by atoms with Crippen LogP contribution in [0.4, 0.5) is 5.69 Å². The number of amides is 1. The van der Waals surface area contributed by atoms with Gasteiger partial charge in [-0.05, 0) is 38.4 Å². The Balaban J connectivity index is 0.00000512. The van der Waals surface area contributed by atoms with Gasteiger partial charge >= 0.3 is 11.9 Å². The molecule has 8 nitrogen and oxygen atoms in total. The number of carbonyl (C=O) groups excluding carboxylic acids is 2. The van der Waals surface area contributed by atoms with Crippen molar-refractivity contribution in [3.05, 3.63) is 24.3 Å². The second-order valence-corrected chi connectivity index (χ2v) is 8.82. The van der Waals surface area contributed by atoms with E-state index in [1.54, 1.807) is 25.1 Å². The molecular formula is C22H35Cl2N3O5S. The molecule has 2 rings (SSSR count). The number of ether oxygens (including phenoxy) is 1. The summed E-state index contributed by atoms with van der Waals surface area (Å²) in [7, 11) is 0. The average molecular weight is 525 g/mol. The average Bonchev–Trinajstić information content (AvgIpc) is 2.82. The molecule has 0 aromatic heterocycles. The van der Waals surface area contributed by atoms with Crippen LogP contribution >= 0.6 is 36.6 Å². The Morgan fingerprint density at radius 2 is 1.79 bits per heavy atom. The second kappa shape index (κ2) is 16.2. The number of thioether (sulfide) groups is 1. The maximum absolute atomic E-state index is 13.5. The monoisotopic (exact) mass is 523 g/mol. The molecule has 0 aliphatic carbocycles. The van der Waals surface area contributed by atoms with Crippen LogP contribution in [0.3, 0.4) is 0 Å². The van der Waals surface area contributed by atoms with E-state index in [-0.39, 0.29) is 31.4 Å². The molecule has 1 aliphatic rings. The van der Waals surface area contributed by atoms with Gasteiger partial charge in [0.15, 0.2) is 0 Å². The molecule has 1 aliphatic heterocycles. The molecule has 1 unspecified atom stereocenters. The van der Waals surface area contributed by atoms with Crippen LogP contribution in [0.5, 0.6) is 0 Å². The van der Waals surface area contributed by atoms with E-state index < -0.39 is 41.6 Å². The number of hydrogen-bond donors (Lipinski definition) is 3. The first-order valence-electron chi connectivity index (χ1n) is 10.8. The summed E-state index contributed by atoms with van der Waals surface area (Å²) in [5.74, 6) is -3.64. The topological polar surface area (TPSA) is 136 Å². The molecule has 1 aromatic rings. The fourth-order valence-corrected chi connectivity index (χ4v) is 5.07. The van der Waals surface area contributed by atoms with E-state index in [1.807, 2.05) is 6.07 Å². The molecule has 1 amide bonds. The number of para-hydroxylation sites is 1. The Labute approximate surface area is 212 Å². The molecule has 1 heterocycles. The molecule has 0 bridgehead atoms. The summed E-state index contributed by atoms with van der Waals surface area (Å²) in [5.41, 5.74) is 12.5. The van der Waals surface area contributed by atoms with Gasteiger partial charge < -0.3 is 21.3 Å². The van der Waals surface area contributed by atoms with E-state index >= 15 is 0 Å². The third-order valence-corrected chi connectivity index (χ3v) is 6.52. The number of carbonyl (C=O) groups is 3. The van der Waals surface area contributed by atoms with E-state index in [1.165, 1.54) is 16.7 Å². The third-order valence-electron chi connectivity index (χ3n) is 5.36. The highest BCUT2D eigenvalue weighted by molar-refractivity contribution is 8.00. The number of aliphatic carboxylic acids is 1. The lowest BCUT2D eigenvalue weighted by Crippen LogP contribution is -2.48. The number of unbranched alkanes of at least 4 members (excludes halogenated alkanes) is 4. The number of rotatable bonds is 12. The van der Waals surface area contributed by atoms with Crippen molar-refractivity contribution in [2.45, 2.75) is 55.7 Å². The summed E-state index contributed by atoms with van der Waals surface area (Å²) >= 11 is 1.29. The van der Waals surface area contributed by atoms with Crippen molar-refractivity contribution in [1.29, 1.82) is 0 Å². The zero-order chi connectivity index (χ0) is 22.8. The van der Waals surface area contributed by atoms with Crippen LogP contribution in [0.25, 0.3) is 0 Å². The standard InChI is InChI=1S/C22H33N3O5S.2ClH/c1-2-30-22(29)15(10-6-4-3-5-9-13-23)19-20(24)31-17-12-8-7-11-16(17)25(21(19)28)14-18(26)27;;/h7-8,11-12,15,19-20H,2-6,9-10,13-14,23-24H2,1H3,(H,26,27);2*1H/t15-,19-,20?;;/m0../s1. The van der Waals surface area contributed by atoms with Crippen molar-refractivity contribution in [3.63, 3.8) is 0 Å². The van der Waals surface area contributed by atoms with Gasteiger partial charge in [-0.25, -0.2) is 0 Å². The van der Waals surface area contributed by atoms with Gasteiger partial charge in [0.2, 0.25) is 5.91 Å². The van der Waals surface area contributed by atoms with Crippen molar-refractivity contribution in [1.82, 2.24) is 0 Å². The lowest BCUT2D eigenvalue weighted by atomic mass is 9.85. The molecule has 0 radical (unpaired) electrons. The van der Waals surface area contributed by atoms with Crippen LogP contribution in [-0.4, -0.2) is 48.0 Å². The molecule has 0 spiro atoms. The first-order chi connectivity index (χ1) is 14.9. The van der Waals surface area contributed by atoms with E-state index in [9.17, 15) is 19.5 Å². The van der Waals surface area contributed by atoms with Gasteiger partial charge in [0, 0.05) is 4.90 Å². The van der Waals surface area contributed by atoms with Crippen molar-refractivity contribution < 1.29 is 24.2 Å². The summed E-state index contributed by atoms with van der Waals surface area (Å²) in [5, 5.41) is 8.70. The van der Waals surface area contributed by atoms with Gasteiger partial charge in [-0.2, -0.15) is 0 Å². The molecule has 0 saturated carbocycles. The minimum absolute atomic E-state index is 0. The van der Waals surface area contributed by atoms with Gasteiger partial charge in [0.25, 0.3) is 0 Å². The summed E-state index contributed by atoms with van der Waals surface area (Å²) in [4.78, 5) is 39.8. The Morgan fingerprint density at radius 1 is 1.15 bits per heavy atom. The minimum Gasteiger partial charge on any atom is -0.480 e. The third kappa shape index (κ3) is 8.98. The van der Waals surface area contributed by atoms with E-state index in [0.717, 1.165) is 37.0 Å². The number of nitrogens with two attached hydrogens (primary N) is 2. The van der Waals surface area contributed by atoms with E-state index in [4.69, 9.17) is 16.2 Å². The highest BCUT2D eigenvalue weighted by atomic mass is 35.5. The molecule has 0 saturated heterocycles. The van der Waals surface area contributed by atoms with Crippen molar-refractivity contribution in [2.75, 3.05) is 24.6 Å². The van der Waals surface area contributed by atoms with Crippen molar-refractivity contribution >= 4 is 60.1 Å². The Bertz CT molecular complexity index is 771. The highest BCUT2D eigenvalue weighted by Crippen LogP contribution is 2.41. The predicted molar refractivity (Wildman–Crippen MR) is 135 cm³/mol. The fourth-order valence-electron chi connectivity index (χ4n) is 3.87. The number of fused-ring (bicyclic) bond motifs is 1. The maximum Gasteiger partial charge on any atom is 0.323 e. The normalized spacial score (nSPS) is 18.3. The lowest BCUT2D eigenvalue weighted by molar-refractivity contribution is -0.152. The maximum atomic E-state index is 13.5. The number of esters is 1. The molecular weight excluding hydrogens is 489 g/mol. The van der Waals surface area contributed by atoms with Gasteiger partial charge in [0.05, 0.1) is 29.5 Å². The zero-order valence-electron chi connectivity index (χ0n) is 18.8. The Morgan fingerprint density at radius 3 is 2.42 bits per heavy atom. The summed E-state index contributed by atoms with van der Waals surface area (Å²) in [6, 6.07) is 7.07. The van der Waals surface area contributed by atoms with Gasteiger partial charge in [0.1, 0.15) is 6.54 Å². The first kappa shape index (κ1) is 31.5. The van der Waals surface area contributed by atoms with Crippen LogP contribution in [0, 0.1) is 11.8 Å². The lowest BCUT2D eigenvalue weighted by Gasteiger charge is -2.30. The number of carboxylic acids is 1. The van der Waals surface area contributed by atoms with Gasteiger partial charge in [-0.3, -0.25) is 19.3 Å². The number of hydrogen-bond acceptors (Lipinski definition) is 7. The Kier molecular flexibility index (Phi) is 15.4. The SMILES string of the molecule is CCOC(=O)[C@@H](CCCCCCCN)[C@@H]1C(=O)N(CC(=O)O)c2ccccc2SC1N.Cl.Cl. The Hall–Kier alpha value is -1.52. The van der Waals surface area contributed by atoms with Crippen molar-refractivity contribution in [3.8, 4) is 0 Å². The smallest absolute Gasteiger partial charge is 0.323 e. The van der Waals surface area contributed by atoms with Crippen LogP contribution in [-0.2, 0) is 19.1 Å². The van der Waals surface area contributed by atoms with Crippen molar-refractivity contribution in [2.24, 2.45) is 23.3 Å². The summed E-state index contributed by atoms with van der Waals surface area (Å²) < 4.78 is 5.28. The molecule has 11 heteroatoms. The number of benzene rings is 1. The highest BCUT2D eigenvalue weighted by Gasteiger charge is 2.44. The van der Waals surface area contributed by atoms with Gasteiger partial charge in [-0.15, -0.1) is 36.6 Å². The van der Waals surface area contributed by atoms with E-state index in [0.29, 0.717) is 18.7 Å². The largest absolute Gasteiger partial charge is 0.480 e. The van der Waals surface area contributed by atoms with Gasteiger partial charge in [-0.1, -0.05) is 37.8 Å². The molecule has 0 fully saturated rings. The quantitative estimate of drug-likeness (QED) is 0.280. The molecule has 188 valence electrons. The number of carboxylic acid groups (broad SMARTS) is 1. The molecule has 1 aromatic carbocycles. The van der Waals surface area contributed by atoms with E-state index in [2.05, 4.69) is 0 Å². The zero-order valence-corrected chi connectivity index (χ0v) is 21.3. The van der Waals surface area contributed by atoms with Crippen LogP contribution in [0.1, 0.15) is 45.4 Å². The van der Waals surface area contributed by atoms with Crippen LogP contribution in [0.2, 0.25) is 0 Å². The van der Waals surface area contributed by atoms with Crippen LogP contribution in [0.15, 0.2) is 29.2 Å².